The number of esters is 2. The van der Waals surface area contributed by atoms with Crippen molar-refractivity contribution in [3.05, 3.63) is 35.3 Å². The highest BCUT2D eigenvalue weighted by atomic mass is 16.6. The fourth-order valence-electron chi connectivity index (χ4n) is 1.86. The molecule has 6 heteroatoms. The molecular weight excluding hydrogens is 274 g/mol. The van der Waals surface area contributed by atoms with E-state index in [2.05, 4.69) is 0 Å². The second-order valence-corrected chi connectivity index (χ2v) is 5.73. The van der Waals surface area contributed by atoms with E-state index in [1.54, 1.807) is 39.0 Å². The first-order valence-corrected chi connectivity index (χ1v) is 6.69. The predicted molar refractivity (Wildman–Crippen MR) is 75.1 cm³/mol. The van der Waals surface area contributed by atoms with Crippen molar-refractivity contribution in [1.82, 2.24) is 0 Å². The smallest absolute Gasteiger partial charge is 0.309 e. The minimum atomic E-state index is -0.743. The van der Waals surface area contributed by atoms with Crippen molar-refractivity contribution in [2.75, 3.05) is 7.11 Å². The Kier molecular flexibility index (Phi) is 5.69. The van der Waals surface area contributed by atoms with Crippen LogP contribution in [0.3, 0.4) is 0 Å². The third kappa shape index (κ3) is 5.81. The Balaban J connectivity index is 2.80. The standard InChI is InChI=1S/C15H21NO5/c1-15(2,3)21-13(17)10-11(14(18)20-4)9-12-7-5-6-8-16(12)19/h5-8,11H,9-10H2,1-4H3. The number of carbonyl (C=O) groups is 2. The van der Waals surface area contributed by atoms with Gasteiger partial charge in [0.25, 0.3) is 0 Å². The minimum absolute atomic E-state index is 0.121. The van der Waals surface area contributed by atoms with Crippen molar-refractivity contribution in [1.29, 1.82) is 0 Å². The molecule has 1 heterocycles. The predicted octanol–water partition coefficient (Wildman–Crippen LogP) is 1.38. The van der Waals surface area contributed by atoms with Gasteiger partial charge in [0, 0.05) is 18.6 Å². The maximum Gasteiger partial charge on any atom is 0.309 e. The van der Waals surface area contributed by atoms with E-state index >= 15 is 0 Å². The van der Waals surface area contributed by atoms with Crippen LogP contribution in [0.25, 0.3) is 0 Å². The van der Waals surface area contributed by atoms with E-state index in [0.717, 1.165) is 0 Å². The van der Waals surface area contributed by atoms with Crippen LogP contribution < -0.4 is 4.73 Å². The molecule has 0 aliphatic carbocycles. The summed E-state index contributed by atoms with van der Waals surface area (Å²) in [4.78, 5) is 23.6. The molecule has 0 aliphatic rings. The molecule has 1 unspecified atom stereocenters. The third-order valence-corrected chi connectivity index (χ3v) is 2.73. The van der Waals surface area contributed by atoms with Crippen LogP contribution in [-0.2, 0) is 25.5 Å². The van der Waals surface area contributed by atoms with Gasteiger partial charge in [0.15, 0.2) is 11.9 Å². The van der Waals surface area contributed by atoms with Crippen molar-refractivity contribution in [2.45, 2.75) is 39.2 Å². The molecule has 0 N–H and O–H groups in total. The molecule has 21 heavy (non-hydrogen) atoms. The van der Waals surface area contributed by atoms with Crippen LogP contribution in [0.15, 0.2) is 24.4 Å². The summed E-state index contributed by atoms with van der Waals surface area (Å²) in [6.07, 6.45) is 1.34. The number of aromatic nitrogens is 1. The average molecular weight is 295 g/mol. The molecule has 0 aliphatic heterocycles. The molecule has 1 aromatic rings. The first kappa shape index (κ1) is 16.9. The Bertz CT molecular complexity index is 507. The van der Waals surface area contributed by atoms with Crippen LogP contribution in [0.1, 0.15) is 32.9 Å². The number of ether oxygens (including phenoxy) is 2. The number of carbonyl (C=O) groups excluding carboxylic acids is 2. The van der Waals surface area contributed by atoms with E-state index in [1.807, 2.05) is 0 Å². The summed E-state index contributed by atoms with van der Waals surface area (Å²) in [5.41, 5.74) is -0.223. The Morgan fingerprint density at radius 3 is 2.52 bits per heavy atom. The van der Waals surface area contributed by atoms with Crippen LogP contribution in [0, 0.1) is 11.1 Å². The topological polar surface area (TPSA) is 79.5 Å². The van der Waals surface area contributed by atoms with Crippen LogP contribution in [0.2, 0.25) is 0 Å². The lowest BCUT2D eigenvalue weighted by Gasteiger charge is -2.21. The lowest BCUT2D eigenvalue weighted by atomic mass is 9.99. The van der Waals surface area contributed by atoms with Crippen LogP contribution in [-0.4, -0.2) is 24.6 Å². The van der Waals surface area contributed by atoms with Gasteiger partial charge in [0.2, 0.25) is 0 Å². The minimum Gasteiger partial charge on any atom is -0.619 e. The van der Waals surface area contributed by atoms with Gasteiger partial charge in [0.05, 0.1) is 19.4 Å². The second-order valence-electron chi connectivity index (χ2n) is 5.73. The molecule has 1 rings (SSSR count). The highest BCUT2D eigenvalue weighted by Crippen LogP contribution is 2.16. The zero-order valence-corrected chi connectivity index (χ0v) is 12.8. The SMILES string of the molecule is COC(=O)C(CC(=O)OC(C)(C)C)Cc1cccc[n+]1[O-]. The Labute approximate surface area is 124 Å². The number of rotatable bonds is 5. The van der Waals surface area contributed by atoms with Gasteiger partial charge < -0.3 is 14.7 Å². The van der Waals surface area contributed by atoms with Crippen molar-refractivity contribution < 1.29 is 23.8 Å². The molecule has 1 aromatic heterocycles. The molecule has 0 bridgehead atoms. The first-order chi connectivity index (χ1) is 9.73. The summed E-state index contributed by atoms with van der Waals surface area (Å²) >= 11 is 0. The van der Waals surface area contributed by atoms with E-state index < -0.39 is 23.5 Å². The van der Waals surface area contributed by atoms with Gasteiger partial charge in [-0.15, -0.1) is 0 Å². The van der Waals surface area contributed by atoms with Crippen molar-refractivity contribution in [3.8, 4) is 0 Å². The number of pyridine rings is 1. The third-order valence-electron chi connectivity index (χ3n) is 2.73. The molecular formula is C15H21NO5. The van der Waals surface area contributed by atoms with E-state index in [4.69, 9.17) is 9.47 Å². The van der Waals surface area contributed by atoms with Gasteiger partial charge >= 0.3 is 11.9 Å². The van der Waals surface area contributed by atoms with Crippen molar-refractivity contribution in [2.24, 2.45) is 5.92 Å². The summed E-state index contributed by atoms with van der Waals surface area (Å²) in [7, 11) is 1.25. The van der Waals surface area contributed by atoms with Gasteiger partial charge in [-0.25, -0.2) is 0 Å². The second kappa shape index (κ2) is 7.06. The fraction of sp³-hybridized carbons (Fsp3) is 0.533. The Morgan fingerprint density at radius 2 is 2.00 bits per heavy atom. The summed E-state index contributed by atoms with van der Waals surface area (Å²) in [6, 6.07) is 4.90. The molecule has 0 radical (unpaired) electrons. The zero-order chi connectivity index (χ0) is 16.0. The van der Waals surface area contributed by atoms with Crippen molar-refractivity contribution in [3.63, 3.8) is 0 Å². The van der Waals surface area contributed by atoms with E-state index in [9.17, 15) is 14.8 Å². The maximum atomic E-state index is 11.8. The monoisotopic (exact) mass is 295 g/mol. The summed E-state index contributed by atoms with van der Waals surface area (Å²) in [5, 5.41) is 11.6. The summed E-state index contributed by atoms with van der Waals surface area (Å²) < 4.78 is 10.6. The Hall–Kier alpha value is -2.11. The van der Waals surface area contributed by atoms with Crippen LogP contribution in [0.5, 0.6) is 0 Å². The molecule has 0 aromatic carbocycles. The highest BCUT2D eigenvalue weighted by molar-refractivity contribution is 5.80. The summed E-state index contributed by atoms with van der Waals surface area (Å²) in [5.74, 6) is -1.77. The zero-order valence-electron chi connectivity index (χ0n) is 12.8. The number of hydrogen-bond donors (Lipinski definition) is 0. The van der Waals surface area contributed by atoms with Gasteiger partial charge in [-0.1, -0.05) is 6.07 Å². The number of nitrogens with zero attached hydrogens (tertiary/aromatic N) is 1. The number of methoxy groups -OCH3 is 1. The molecule has 0 saturated heterocycles. The lowest BCUT2D eigenvalue weighted by molar-refractivity contribution is -0.614. The van der Waals surface area contributed by atoms with Gasteiger partial charge in [-0.05, 0) is 20.8 Å². The van der Waals surface area contributed by atoms with Gasteiger partial charge in [-0.3, -0.25) is 9.59 Å². The molecule has 6 nitrogen and oxygen atoms in total. The molecule has 0 saturated carbocycles. The van der Waals surface area contributed by atoms with E-state index in [1.165, 1.54) is 13.3 Å². The number of hydrogen-bond acceptors (Lipinski definition) is 5. The quantitative estimate of drug-likeness (QED) is 0.466. The van der Waals surface area contributed by atoms with Gasteiger partial charge in [0.1, 0.15) is 5.60 Å². The van der Waals surface area contributed by atoms with Gasteiger partial charge in [-0.2, -0.15) is 4.73 Å². The fourth-order valence-corrected chi connectivity index (χ4v) is 1.86. The van der Waals surface area contributed by atoms with E-state index in [-0.39, 0.29) is 12.8 Å². The first-order valence-electron chi connectivity index (χ1n) is 6.69. The molecule has 116 valence electrons. The van der Waals surface area contributed by atoms with E-state index in [0.29, 0.717) is 10.4 Å². The maximum absolute atomic E-state index is 11.8. The lowest BCUT2D eigenvalue weighted by Crippen LogP contribution is -2.35. The highest BCUT2D eigenvalue weighted by Gasteiger charge is 2.28. The molecule has 0 amide bonds. The molecule has 0 fully saturated rings. The summed E-state index contributed by atoms with van der Waals surface area (Å²) in [6.45, 7) is 5.25. The average Bonchev–Trinajstić information content (AvgIpc) is 2.37. The van der Waals surface area contributed by atoms with Crippen LogP contribution in [0.4, 0.5) is 0 Å². The van der Waals surface area contributed by atoms with Crippen LogP contribution >= 0.6 is 0 Å². The Morgan fingerprint density at radius 1 is 1.33 bits per heavy atom. The molecule has 0 spiro atoms. The normalized spacial score (nSPS) is 12.6. The largest absolute Gasteiger partial charge is 0.619 e. The molecule has 1 atom stereocenters. The van der Waals surface area contributed by atoms with Crippen molar-refractivity contribution >= 4 is 11.9 Å².